The Morgan fingerprint density at radius 3 is 2.53 bits per heavy atom. The first-order valence-electron chi connectivity index (χ1n) is 6.90. The van der Waals surface area contributed by atoms with Gasteiger partial charge in [-0.1, -0.05) is 0 Å². The van der Waals surface area contributed by atoms with E-state index in [2.05, 4.69) is 11.9 Å². The van der Waals surface area contributed by atoms with Crippen molar-refractivity contribution in [3.63, 3.8) is 0 Å². The van der Waals surface area contributed by atoms with Gasteiger partial charge in [0, 0.05) is 38.4 Å². The van der Waals surface area contributed by atoms with Gasteiger partial charge in [0.1, 0.15) is 0 Å². The van der Waals surface area contributed by atoms with Crippen molar-refractivity contribution in [2.75, 3.05) is 40.0 Å². The highest BCUT2D eigenvalue weighted by molar-refractivity contribution is 4.85. The normalized spacial score (nSPS) is 29.5. The number of likely N-dealkylation sites (N-methyl/N-ethyl adjacent to an activating group) is 1. The van der Waals surface area contributed by atoms with E-state index in [0.29, 0.717) is 18.0 Å². The van der Waals surface area contributed by atoms with Crippen LogP contribution in [-0.2, 0) is 9.47 Å². The lowest BCUT2D eigenvalue weighted by atomic mass is 9.91. The predicted octanol–water partition coefficient (Wildman–Crippen LogP) is 0.851. The van der Waals surface area contributed by atoms with Crippen molar-refractivity contribution in [1.29, 1.82) is 0 Å². The molecular weight excluding hydrogens is 216 g/mol. The molecule has 2 fully saturated rings. The van der Waals surface area contributed by atoms with Crippen LogP contribution in [0.2, 0.25) is 0 Å². The third kappa shape index (κ3) is 3.41. The maximum absolute atomic E-state index is 5.98. The molecule has 100 valence electrons. The number of hydrogen-bond donors (Lipinski definition) is 1. The molecule has 0 aromatic rings. The molecule has 4 heteroatoms. The standard InChI is InChI=1S/C13H26N2O2/c1-15(12-4-7-16-8-5-12)13(9-14)11-3-2-6-17-10-11/h11-13H,2-10,14H2,1H3. The minimum atomic E-state index is 0.471. The van der Waals surface area contributed by atoms with Crippen LogP contribution >= 0.6 is 0 Å². The van der Waals surface area contributed by atoms with Crippen LogP contribution in [0.15, 0.2) is 0 Å². The highest BCUT2D eigenvalue weighted by Gasteiger charge is 2.30. The highest BCUT2D eigenvalue weighted by atomic mass is 16.5. The fourth-order valence-electron chi connectivity index (χ4n) is 3.12. The molecule has 0 aliphatic carbocycles. The van der Waals surface area contributed by atoms with E-state index in [1.807, 2.05) is 0 Å². The van der Waals surface area contributed by atoms with Crippen LogP contribution in [0, 0.1) is 5.92 Å². The van der Waals surface area contributed by atoms with E-state index < -0.39 is 0 Å². The zero-order chi connectivity index (χ0) is 12.1. The summed E-state index contributed by atoms with van der Waals surface area (Å²) in [6.45, 7) is 4.34. The molecule has 2 N–H and O–H groups in total. The molecule has 2 unspecified atom stereocenters. The van der Waals surface area contributed by atoms with Gasteiger partial charge in [-0.15, -0.1) is 0 Å². The van der Waals surface area contributed by atoms with Crippen LogP contribution in [0.3, 0.4) is 0 Å². The lowest BCUT2D eigenvalue weighted by molar-refractivity contribution is -0.0165. The van der Waals surface area contributed by atoms with Crippen LogP contribution in [-0.4, -0.2) is 57.0 Å². The van der Waals surface area contributed by atoms with Crippen LogP contribution in [0.25, 0.3) is 0 Å². The number of nitrogens with zero attached hydrogens (tertiary/aromatic N) is 1. The summed E-state index contributed by atoms with van der Waals surface area (Å²) in [5.74, 6) is 0.613. The number of ether oxygens (including phenoxy) is 2. The Labute approximate surface area is 104 Å². The van der Waals surface area contributed by atoms with E-state index in [1.54, 1.807) is 0 Å². The van der Waals surface area contributed by atoms with Gasteiger partial charge in [-0.25, -0.2) is 0 Å². The third-order valence-corrected chi connectivity index (χ3v) is 4.27. The first-order valence-corrected chi connectivity index (χ1v) is 6.90. The monoisotopic (exact) mass is 242 g/mol. The fraction of sp³-hybridized carbons (Fsp3) is 1.00. The second-order valence-corrected chi connectivity index (χ2v) is 5.29. The van der Waals surface area contributed by atoms with E-state index >= 15 is 0 Å². The van der Waals surface area contributed by atoms with Crippen molar-refractivity contribution in [2.45, 2.75) is 37.8 Å². The fourth-order valence-corrected chi connectivity index (χ4v) is 3.12. The molecule has 0 amide bonds. The molecule has 2 rings (SSSR count). The second kappa shape index (κ2) is 6.69. The molecule has 2 aliphatic rings. The smallest absolute Gasteiger partial charge is 0.0509 e. The maximum atomic E-state index is 5.98. The summed E-state index contributed by atoms with van der Waals surface area (Å²) in [6.07, 6.45) is 4.72. The largest absolute Gasteiger partial charge is 0.381 e. The molecule has 4 nitrogen and oxygen atoms in total. The van der Waals surface area contributed by atoms with Crippen molar-refractivity contribution >= 4 is 0 Å². The quantitative estimate of drug-likeness (QED) is 0.794. The second-order valence-electron chi connectivity index (χ2n) is 5.29. The molecule has 0 aromatic carbocycles. The Hall–Kier alpha value is -0.160. The Bertz CT molecular complexity index is 213. The number of hydrogen-bond acceptors (Lipinski definition) is 4. The summed E-state index contributed by atoms with van der Waals surface area (Å²) in [6, 6.07) is 1.11. The molecular formula is C13H26N2O2. The molecule has 2 aliphatic heterocycles. The molecule has 0 spiro atoms. The van der Waals surface area contributed by atoms with E-state index in [0.717, 1.165) is 45.8 Å². The van der Waals surface area contributed by atoms with Crippen LogP contribution in [0.4, 0.5) is 0 Å². The van der Waals surface area contributed by atoms with Crippen LogP contribution in [0.1, 0.15) is 25.7 Å². The SMILES string of the molecule is CN(C1CCOCC1)C(CN)C1CCCOC1. The highest BCUT2D eigenvalue weighted by Crippen LogP contribution is 2.24. The zero-order valence-electron chi connectivity index (χ0n) is 10.9. The van der Waals surface area contributed by atoms with Crippen LogP contribution < -0.4 is 5.73 Å². The van der Waals surface area contributed by atoms with Gasteiger partial charge in [0.15, 0.2) is 0 Å². The average molecular weight is 242 g/mol. The first kappa shape index (κ1) is 13.3. The molecule has 0 bridgehead atoms. The third-order valence-electron chi connectivity index (χ3n) is 4.27. The zero-order valence-corrected chi connectivity index (χ0v) is 10.9. The van der Waals surface area contributed by atoms with E-state index in [4.69, 9.17) is 15.2 Å². The lowest BCUT2D eigenvalue weighted by Gasteiger charge is -2.41. The van der Waals surface area contributed by atoms with E-state index in [-0.39, 0.29) is 0 Å². The Morgan fingerprint density at radius 1 is 1.18 bits per heavy atom. The average Bonchev–Trinajstić information content (AvgIpc) is 2.42. The van der Waals surface area contributed by atoms with Crippen molar-refractivity contribution in [3.8, 4) is 0 Å². The van der Waals surface area contributed by atoms with Crippen molar-refractivity contribution < 1.29 is 9.47 Å². The molecule has 17 heavy (non-hydrogen) atoms. The Morgan fingerprint density at radius 2 is 1.94 bits per heavy atom. The van der Waals surface area contributed by atoms with Gasteiger partial charge < -0.3 is 15.2 Å². The van der Waals surface area contributed by atoms with Crippen molar-refractivity contribution in [3.05, 3.63) is 0 Å². The van der Waals surface area contributed by atoms with Gasteiger partial charge in [0.05, 0.1) is 6.61 Å². The van der Waals surface area contributed by atoms with Gasteiger partial charge >= 0.3 is 0 Å². The van der Waals surface area contributed by atoms with Gasteiger partial charge in [-0.3, -0.25) is 4.90 Å². The van der Waals surface area contributed by atoms with Gasteiger partial charge in [0.2, 0.25) is 0 Å². The van der Waals surface area contributed by atoms with Crippen molar-refractivity contribution in [1.82, 2.24) is 4.90 Å². The number of nitrogens with two attached hydrogens (primary N) is 1. The Kier molecular flexibility index (Phi) is 5.22. The van der Waals surface area contributed by atoms with E-state index in [1.165, 1.54) is 12.8 Å². The minimum absolute atomic E-state index is 0.471. The lowest BCUT2D eigenvalue weighted by Crippen LogP contribution is -2.51. The predicted molar refractivity (Wildman–Crippen MR) is 68.0 cm³/mol. The summed E-state index contributed by atoms with van der Waals surface area (Å²) in [4.78, 5) is 2.49. The maximum Gasteiger partial charge on any atom is 0.0509 e. The first-order chi connectivity index (χ1) is 8.33. The molecule has 0 saturated carbocycles. The summed E-state index contributed by atoms with van der Waals surface area (Å²) in [5.41, 5.74) is 5.98. The van der Waals surface area contributed by atoms with Gasteiger partial charge in [-0.05, 0) is 38.6 Å². The Balaban J connectivity index is 1.90. The van der Waals surface area contributed by atoms with Crippen LogP contribution in [0.5, 0.6) is 0 Å². The van der Waals surface area contributed by atoms with Gasteiger partial charge in [0.25, 0.3) is 0 Å². The molecule has 2 heterocycles. The summed E-state index contributed by atoms with van der Waals surface area (Å²) < 4.78 is 11.0. The molecule has 0 radical (unpaired) electrons. The summed E-state index contributed by atoms with van der Waals surface area (Å²) in [5, 5.41) is 0. The summed E-state index contributed by atoms with van der Waals surface area (Å²) in [7, 11) is 2.22. The molecule has 2 saturated heterocycles. The molecule has 0 aromatic heterocycles. The van der Waals surface area contributed by atoms with E-state index in [9.17, 15) is 0 Å². The topological polar surface area (TPSA) is 47.7 Å². The molecule has 2 atom stereocenters. The van der Waals surface area contributed by atoms with Crippen molar-refractivity contribution in [2.24, 2.45) is 11.7 Å². The van der Waals surface area contributed by atoms with Gasteiger partial charge in [-0.2, -0.15) is 0 Å². The summed E-state index contributed by atoms with van der Waals surface area (Å²) >= 11 is 0. The minimum Gasteiger partial charge on any atom is -0.381 e. The number of rotatable bonds is 4.